The Morgan fingerprint density at radius 1 is 1.40 bits per heavy atom. The maximum absolute atomic E-state index is 11.7. The lowest BCUT2D eigenvalue weighted by Crippen LogP contribution is -2.41. The van der Waals surface area contributed by atoms with Gasteiger partial charge in [-0.15, -0.1) is 5.10 Å². The van der Waals surface area contributed by atoms with E-state index in [1.165, 1.54) is 0 Å². The first kappa shape index (κ1) is 15.3. The quantitative estimate of drug-likeness (QED) is 0.895. The number of nitrogens with one attached hydrogen (secondary N) is 1. The topological polar surface area (TPSA) is 69.0 Å². The van der Waals surface area contributed by atoms with Gasteiger partial charge in [-0.25, -0.2) is 9.48 Å². The molecule has 0 unspecified atom stereocenters. The number of rotatable bonds is 2. The summed E-state index contributed by atoms with van der Waals surface area (Å²) in [6.45, 7) is 5.60. The molecule has 0 aromatic carbocycles. The summed E-state index contributed by atoms with van der Waals surface area (Å²) in [5.41, 5.74) is -0.450. The van der Waals surface area contributed by atoms with Crippen LogP contribution in [0.5, 0.6) is 0 Å². The molecule has 112 valence electrons. The van der Waals surface area contributed by atoms with Gasteiger partial charge in [-0.3, -0.25) is 0 Å². The first-order valence-corrected chi connectivity index (χ1v) is 7.69. The van der Waals surface area contributed by atoms with Gasteiger partial charge in [0.15, 0.2) is 0 Å². The van der Waals surface area contributed by atoms with E-state index in [1.807, 2.05) is 31.6 Å². The molecule has 0 aliphatic heterocycles. The molecule has 1 heterocycles. The second-order valence-corrected chi connectivity index (χ2v) is 6.99. The van der Waals surface area contributed by atoms with Gasteiger partial charge in [-0.1, -0.05) is 5.21 Å². The molecule has 1 aliphatic carbocycles. The predicted molar refractivity (Wildman–Crippen MR) is 78.4 cm³/mol. The van der Waals surface area contributed by atoms with Gasteiger partial charge in [0.1, 0.15) is 10.2 Å². The maximum Gasteiger partial charge on any atom is 0.407 e. The van der Waals surface area contributed by atoms with Crippen LogP contribution in [0.4, 0.5) is 4.79 Å². The monoisotopic (exact) mass is 344 g/mol. The van der Waals surface area contributed by atoms with Crippen molar-refractivity contribution in [1.82, 2.24) is 20.3 Å². The number of hydrogen-bond acceptors (Lipinski definition) is 4. The standard InChI is InChI=1S/C13H21BrN4O2/c1-13(2,3)20-12(19)15-9-4-6-10(7-5-9)18-8-11(14)16-17-18/h8-10H,4-7H2,1-3H3,(H,15,19). The molecular weight excluding hydrogens is 324 g/mol. The second-order valence-electron chi connectivity index (χ2n) is 6.17. The summed E-state index contributed by atoms with van der Waals surface area (Å²) in [5.74, 6) is 0. The third kappa shape index (κ3) is 4.47. The van der Waals surface area contributed by atoms with Crippen LogP contribution < -0.4 is 5.32 Å². The molecule has 20 heavy (non-hydrogen) atoms. The number of halogens is 1. The molecule has 1 saturated carbocycles. The van der Waals surface area contributed by atoms with E-state index in [4.69, 9.17) is 4.74 Å². The number of alkyl carbamates (subject to hydrolysis) is 1. The van der Waals surface area contributed by atoms with Crippen LogP contribution in [0.25, 0.3) is 0 Å². The highest BCUT2D eigenvalue weighted by Gasteiger charge is 2.26. The van der Waals surface area contributed by atoms with Crippen LogP contribution in [0.2, 0.25) is 0 Å². The Morgan fingerprint density at radius 3 is 2.55 bits per heavy atom. The van der Waals surface area contributed by atoms with Gasteiger partial charge in [0.2, 0.25) is 0 Å². The molecule has 0 spiro atoms. The molecule has 1 aromatic rings. The van der Waals surface area contributed by atoms with Crippen LogP contribution in [-0.2, 0) is 4.74 Å². The molecule has 6 nitrogen and oxygen atoms in total. The third-order valence-electron chi connectivity index (χ3n) is 3.27. The van der Waals surface area contributed by atoms with E-state index in [-0.39, 0.29) is 12.1 Å². The van der Waals surface area contributed by atoms with Gasteiger partial charge in [-0.2, -0.15) is 0 Å². The van der Waals surface area contributed by atoms with E-state index in [2.05, 4.69) is 31.6 Å². The smallest absolute Gasteiger partial charge is 0.407 e. The van der Waals surface area contributed by atoms with Crippen LogP contribution >= 0.6 is 15.9 Å². The Bertz CT molecular complexity index is 461. The summed E-state index contributed by atoms with van der Waals surface area (Å²) in [6.07, 6.45) is 5.39. The van der Waals surface area contributed by atoms with Crippen LogP contribution in [0.1, 0.15) is 52.5 Å². The van der Waals surface area contributed by atoms with Crippen molar-refractivity contribution in [3.8, 4) is 0 Å². The number of nitrogens with zero attached hydrogens (tertiary/aromatic N) is 3. The fourth-order valence-electron chi connectivity index (χ4n) is 2.39. The van der Waals surface area contributed by atoms with Crippen LogP contribution in [0, 0.1) is 0 Å². The van der Waals surface area contributed by atoms with Crippen molar-refractivity contribution in [2.24, 2.45) is 0 Å². The molecule has 0 radical (unpaired) electrons. The van der Waals surface area contributed by atoms with Gasteiger partial charge >= 0.3 is 6.09 Å². The van der Waals surface area contributed by atoms with Crippen molar-refractivity contribution >= 4 is 22.0 Å². The van der Waals surface area contributed by atoms with Crippen molar-refractivity contribution < 1.29 is 9.53 Å². The first-order valence-electron chi connectivity index (χ1n) is 6.90. The van der Waals surface area contributed by atoms with Gasteiger partial charge in [-0.05, 0) is 62.4 Å². The van der Waals surface area contributed by atoms with E-state index in [0.717, 1.165) is 30.3 Å². The molecule has 1 amide bonds. The van der Waals surface area contributed by atoms with Crippen molar-refractivity contribution in [2.45, 2.75) is 64.1 Å². The van der Waals surface area contributed by atoms with Crippen LogP contribution in [0.3, 0.4) is 0 Å². The lowest BCUT2D eigenvalue weighted by Gasteiger charge is -2.29. The number of amides is 1. The third-order valence-corrected chi connectivity index (χ3v) is 3.64. The number of ether oxygens (including phenoxy) is 1. The van der Waals surface area contributed by atoms with Crippen molar-refractivity contribution in [2.75, 3.05) is 0 Å². The number of carbonyl (C=O) groups excluding carboxylic acids is 1. The highest BCUT2D eigenvalue weighted by molar-refractivity contribution is 9.10. The van der Waals surface area contributed by atoms with Crippen molar-refractivity contribution in [3.05, 3.63) is 10.8 Å². The van der Waals surface area contributed by atoms with E-state index in [1.54, 1.807) is 0 Å². The molecule has 1 fully saturated rings. The number of carbonyl (C=O) groups is 1. The molecule has 1 aromatic heterocycles. The largest absolute Gasteiger partial charge is 0.444 e. The minimum atomic E-state index is -0.450. The Hall–Kier alpha value is -1.11. The average Bonchev–Trinajstić information content (AvgIpc) is 2.74. The van der Waals surface area contributed by atoms with E-state index in [9.17, 15) is 4.79 Å². The van der Waals surface area contributed by atoms with Gasteiger partial charge in [0.05, 0.1) is 12.2 Å². The molecule has 1 N–H and O–H groups in total. The number of aromatic nitrogens is 3. The molecule has 1 aliphatic rings. The Balaban J connectivity index is 1.78. The highest BCUT2D eigenvalue weighted by Crippen LogP contribution is 2.28. The lowest BCUT2D eigenvalue weighted by atomic mass is 9.91. The first-order chi connectivity index (χ1) is 9.33. The normalized spacial score (nSPS) is 23.4. The predicted octanol–water partition coefficient (Wildman–Crippen LogP) is 3.05. The van der Waals surface area contributed by atoms with Crippen LogP contribution in [-0.4, -0.2) is 32.7 Å². The van der Waals surface area contributed by atoms with E-state index >= 15 is 0 Å². The summed E-state index contributed by atoms with van der Waals surface area (Å²) >= 11 is 3.30. The van der Waals surface area contributed by atoms with E-state index < -0.39 is 5.60 Å². The second kappa shape index (κ2) is 6.11. The molecule has 0 saturated heterocycles. The summed E-state index contributed by atoms with van der Waals surface area (Å²) in [4.78, 5) is 11.7. The maximum atomic E-state index is 11.7. The van der Waals surface area contributed by atoms with Crippen molar-refractivity contribution in [3.63, 3.8) is 0 Å². The SMILES string of the molecule is CC(C)(C)OC(=O)NC1CCC(n2cc(Br)nn2)CC1. The lowest BCUT2D eigenvalue weighted by molar-refractivity contribution is 0.0487. The van der Waals surface area contributed by atoms with Gasteiger partial charge in [0.25, 0.3) is 0 Å². The fourth-order valence-corrected chi connectivity index (χ4v) is 2.67. The van der Waals surface area contributed by atoms with Crippen LogP contribution in [0.15, 0.2) is 10.8 Å². The summed E-state index contributed by atoms with van der Waals surface area (Å²) < 4.78 is 7.92. The minimum absolute atomic E-state index is 0.188. The molecule has 0 bridgehead atoms. The Kier molecular flexibility index (Phi) is 4.67. The average molecular weight is 345 g/mol. The molecule has 7 heteroatoms. The summed E-state index contributed by atoms with van der Waals surface area (Å²) in [5, 5.41) is 11.0. The highest BCUT2D eigenvalue weighted by atomic mass is 79.9. The zero-order valence-electron chi connectivity index (χ0n) is 12.1. The zero-order chi connectivity index (χ0) is 14.8. The zero-order valence-corrected chi connectivity index (χ0v) is 13.7. The number of hydrogen-bond donors (Lipinski definition) is 1. The molecule has 2 rings (SSSR count). The van der Waals surface area contributed by atoms with Gasteiger partial charge in [0, 0.05) is 6.04 Å². The Morgan fingerprint density at radius 2 is 2.05 bits per heavy atom. The van der Waals surface area contributed by atoms with E-state index in [0.29, 0.717) is 6.04 Å². The molecular formula is C13H21BrN4O2. The Labute approximate surface area is 127 Å². The summed E-state index contributed by atoms with van der Waals surface area (Å²) in [7, 11) is 0. The van der Waals surface area contributed by atoms with Gasteiger partial charge < -0.3 is 10.1 Å². The molecule has 0 atom stereocenters. The minimum Gasteiger partial charge on any atom is -0.444 e. The summed E-state index contributed by atoms with van der Waals surface area (Å²) in [6, 6.07) is 0.554. The fraction of sp³-hybridized carbons (Fsp3) is 0.769. The van der Waals surface area contributed by atoms with Crippen molar-refractivity contribution in [1.29, 1.82) is 0 Å².